The fraction of sp³-hybridized carbons (Fsp3) is 0.765. The minimum absolute atomic E-state index is 0.228. The summed E-state index contributed by atoms with van der Waals surface area (Å²) in [6.45, 7) is 9.41. The molecule has 1 saturated carbocycles. The lowest BCUT2D eigenvalue weighted by Gasteiger charge is -2.30. The van der Waals surface area contributed by atoms with Crippen LogP contribution < -0.4 is 5.32 Å². The van der Waals surface area contributed by atoms with Crippen LogP contribution >= 0.6 is 0 Å². The molecule has 1 fully saturated rings. The van der Waals surface area contributed by atoms with E-state index in [-0.39, 0.29) is 12.0 Å². The second-order valence-electron chi connectivity index (χ2n) is 7.04. The third-order valence-corrected chi connectivity index (χ3v) is 3.80. The fourth-order valence-electron chi connectivity index (χ4n) is 2.74. The standard InChI is InChI=1S/C17H29NO5/c1-5-10-22-13-8-6-12(7-9-13)11-14(15(19)20)18-16(21)23-17(2,3)4/h5,12-14H,1,6-11H2,2-4H3,(H,18,21)(H,19,20)/t12?,13?,14-/m0/s1. The average molecular weight is 327 g/mol. The molecule has 0 saturated heterocycles. The Bertz CT molecular complexity index is 408. The highest BCUT2D eigenvalue weighted by Crippen LogP contribution is 2.29. The first kappa shape index (κ1) is 19.5. The molecule has 6 nitrogen and oxygen atoms in total. The number of nitrogens with one attached hydrogen (secondary N) is 1. The Hall–Kier alpha value is -1.56. The number of hydrogen-bond donors (Lipinski definition) is 2. The monoisotopic (exact) mass is 327 g/mol. The number of rotatable bonds is 7. The minimum atomic E-state index is -1.03. The van der Waals surface area contributed by atoms with E-state index in [0.29, 0.717) is 13.0 Å². The zero-order valence-corrected chi connectivity index (χ0v) is 14.3. The summed E-state index contributed by atoms with van der Waals surface area (Å²) in [6, 6.07) is -0.916. The van der Waals surface area contributed by atoms with E-state index >= 15 is 0 Å². The molecule has 0 unspecified atom stereocenters. The zero-order valence-electron chi connectivity index (χ0n) is 14.3. The van der Waals surface area contributed by atoms with Gasteiger partial charge in [-0.3, -0.25) is 0 Å². The number of carbonyl (C=O) groups excluding carboxylic acids is 1. The molecule has 2 N–H and O–H groups in total. The zero-order chi connectivity index (χ0) is 17.5. The van der Waals surface area contributed by atoms with Gasteiger partial charge in [0.1, 0.15) is 11.6 Å². The van der Waals surface area contributed by atoms with Gasteiger partial charge in [-0.15, -0.1) is 6.58 Å². The molecule has 0 aromatic rings. The Morgan fingerprint density at radius 1 is 1.30 bits per heavy atom. The number of carbonyl (C=O) groups is 2. The molecule has 0 aliphatic heterocycles. The van der Waals surface area contributed by atoms with Crippen molar-refractivity contribution in [2.45, 2.75) is 70.6 Å². The van der Waals surface area contributed by atoms with E-state index in [1.54, 1.807) is 26.8 Å². The van der Waals surface area contributed by atoms with Crippen LogP contribution in [0, 0.1) is 5.92 Å². The first-order chi connectivity index (χ1) is 10.7. The smallest absolute Gasteiger partial charge is 0.408 e. The van der Waals surface area contributed by atoms with Crippen LogP contribution in [0.1, 0.15) is 52.9 Å². The van der Waals surface area contributed by atoms with Crippen molar-refractivity contribution >= 4 is 12.1 Å². The number of carboxylic acid groups (broad SMARTS) is 1. The Balaban J connectivity index is 2.43. The molecule has 6 heteroatoms. The highest BCUT2D eigenvalue weighted by molar-refractivity contribution is 5.80. The maximum absolute atomic E-state index is 11.8. The van der Waals surface area contributed by atoms with Crippen LogP contribution in [0.4, 0.5) is 4.79 Å². The van der Waals surface area contributed by atoms with Crippen LogP contribution in [-0.4, -0.2) is 41.5 Å². The van der Waals surface area contributed by atoms with E-state index in [0.717, 1.165) is 25.7 Å². The van der Waals surface area contributed by atoms with Crippen molar-refractivity contribution in [1.82, 2.24) is 5.32 Å². The Morgan fingerprint density at radius 2 is 1.91 bits per heavy atom. The number of carboxylic acids is 1. The van der Waals surface area contributed by atoms with Crippen LogP contribution in [-0.2, 0) is 14.3 Å². The topological polar surface area (TPSA) is 84.9 Å². The summed E-state index contributed by atoms with van der Waals surface area (Å²) >= 11 is 0. The van der Waals surface area contributed by atoms with Gasteiger partial charge in [-0.25, -0.2) is 9.59 Å². The second kappa shape index (κ2) is 8.91. The van der Waals surface area contributed by atoms with E-state index in [1.165, 1.54) is 0 Å². The molecule has 23 heavy (non-hydrogen) atoms. The number of hydrogen-bond acceptors (Lipinski definition) is 4. The van der Waals surface area contributed by atoms with Gasteiger partial charge < -0.3 is 19.9 Å². The van der Waals surface area contributed by atoms with E-state index < -0.39 is 23.7 Å². The van der Waals surface area contributed by atoms with Gasteiger partial charge in [0.05, 0.1) is 12.7 Å². The Kier molecular flexibility index (Phi) is 7.55. The van der Waals surface area contributed by atoms with Crippen molar-refractivity contribution in [3.8, 4) is 0 Å². The second-order valence-corrected chi connectivity index (χ2v) is 7.04. The van der Waals surface area contributed by atoms with Gasteiger partial charge in [-0.05, 0) is 58.8 Å². The summed E-state index contributed by atoms with van der Waals surface area (Å²) in [5.41, 5.74) is -0.645. The summed E-state index contributed by atoms with van der Waals surface area (Å²) in [6.07, 6.45) is 5.33. The van der Waals surface area contributed by atoms with E-state index in [9.17, 15) is 14.7 Å². The Labute approximate surface area is 138 Å². The van der Waals surface area contributed by atoms with Crippen molar-refractivity contribution in [3.63, 3.8) is 0 Å². The highest BCUT2D eigenvalue weighted by atomic mass is 16.6. The quantitative estimate of drug-likeness (QED) is 0.702. The van der Waals surface area contributed by atoms with Crippen LogP contribution in [0.2, 0.25) is 0 Å². The summed E-state index contributed by atoms with van der Waals surface area (Å²) in [5, 5.41) is 11.8. The third-order valence-electron chi connectivity index (χ3n) is 3.80. The normalized spacial score (nSPS) is 22.9. The van der Waals surface area contributed by atoms with Crippen molar-refractivity contribution < 1.29 is 24.2 Å². The summed E-state index contributed by atoms with van der Waals surface area (Å²) in [4.78, 5) is 23.1. The van der Waals surface area contributed by atoms with Crippen LogP contribution in [0.25, 0.3) is 0 Å². The average Bonchev–Trinajstić information content (AvgIpc) is 2.43. The number of alkyl carbamates (subject to hydrolysis) is 1. The van der Waals surface area contributed by atoms with E-state index in [2.05, 4.69) is 11.9 Å². The SMILES string of the molecule is C=CCOC1CCC(C[C@H](NC(=O)OC(C)(C)C)C(=O)O)CC1. The lowest BCUT2D eigenvalue weighted by Crippen LogP contribution is -2.44. The number of aliphatic carboxylic acids is 1. The van der Waals surface area contributed by atoms with Gasteiger partial charge >= 0.3 is 12.1 Å². The molecule has 0 spiro atoms. The van der Waals surface area contributed by atoms with Crippen molar-refractivity contribution in [1.29, 1.82) is 0 Å². The number of ether oxygens (including phenoxy) is 2. The molecule has 0 aromatic carbocycles. The molecule has 0 radical (unpaired) electrons. The van der Waals surface area contributed by atoms with Gasteiger partial charge in [-0.2, -0.15) is 0 Å². The maximum Gasteiger partial charge on any atom is 0.408 e. The van der Waals surface area contributed by atoms with Crippen molar-refractivity contribution in [2.24, 2.45) is 5.92 Å². The molecule has 0 aromatic heterocycles. The lowest BCUT2D eigenvalue weighted by molar-refractivity contribution is -0.140. The fourth-order valence-corrected chi connectivity index (χ4v) is 2.74. The molecule has 1 rings (SSSR count). The van der Waals surface area contributed by atoms with Crippen molar-refractivity contribution in [3.05, 3.63) is 12.7 Å². The van der Waals surface area contributed by atoms with E-state index in [4.69, 9.17) is 9.47 Å². The molecule has 1 aliphatic rings. The molecule has 0 bridgehead atoms. The first-order valence-corrected chi connectivity index (χ1v) is 8.16. The predicted molar refractivity (Wildman–Crippen MR) is 87.3 cm³/mol. The third kappa shape index (κ3) is 8.02. The van der Waals surface area contributed by atoms with Crippen LogP contribution in [0.5, 0.6) is 0 Å². The maximum atomic E-state index is 11.8. The lowest BCUT2D eigenvalue weighted by atomic mass is 9.83. The van der Waals surface area contributed by atoms with Crippen LogP contribution in [0.3, 0.4) is 0 Å². The van der Waals surface area contributed by atoms with Gasteiger partial charge in [0.25, 0.3) is 0 Å². The molecular weight excluding hydrogens is 298 g/mol. The number of amides is 1. The molecule has 1 atom stereocenters. The largest absolute Gasteiger partial charge is 0.480 e. The molecule has 0 heterocycles. The molecule has 1 aliphatic carbocycles. The Morgan fingerprint density at radius 3 is 2.39 bits per heavy atom. The minimum Gasteiger partial charge on any atom is -0.480 e. The summed E-state index contributed by atoms with van der Waals surface area (Å²) in [5.74, 6) is -0.754. The van der Waals surface area contributed by atoms with Crippen LogP contribution in [0.15, 0.2) is 12.7 Å². The molecular formula is C17H29NO5. The summed E-state index contributed by atoms with van der Waals surface area (Å²) in [7, 11) is 0. The summed E-state index contributed by atoms with van der Waals surface area (Å²) < 4.78 is 10.8. The van der Waals surface area contributed by atoms with Gasteiger partial charge in [0.15, 0.2) is 0 Å². The van der Waals surface area contributed by atoms with Crippen molar-refractivity contribution in [2.75, 3.05) is 6.61 Å². The predicted octanol–water partition coefficient (Wildman–Crippen LogP) is 3.12. The highest BCUT2D eigenvalue weighted by Gasteiger charge is 2.29. The van der Waals surface area contributed by atoms with Gasteiger partial charge in [0.2, 0.25) is 0 Å². The molecule has 1 amide bonds. The van der Waals surface area contributed by atoms with E-state index in [1.807, 2.05) is 0 Å². The molecule has 132 valence electrons. The first-order valence-electron chi connectivity index (χ1n) is 8.16. The van der Waals surface area contributed by atoms with Gasteiger partial charge in [-0.1, -0.05) is 6.08 Å². The van der Waals surface area contributed by atoms with Gasteiger partial charge in [0, 0.05) is 0 Å².